The molecule has 1 aromatic carbocycles. The lowest BCUT2D eigenvalue weighted by molar-refractivity contribution is 0.199. The Bertz CT molecular complexity index is 494. The Labute approximate surface area is 113 Å². The highest BCUT2D eigenvalue weighted by molar-refractivity contribution is 5.61. The van der Waals surface area contributed by atoms with E-state index in [-0.39, 0.29) is 0 Å². The van der Waals surface area contributed by atoms with E-state index in [0.29, 0.717) is 13.2 Å². The van der Waals surface area contributed by atoms with Crippen molar-refractivity contribution < 1.29 is 9.26 Å². The van der Waals surface area contributed by atoms with E-state index in [2.05, 4.69) is 17.4 Å². The van der Waals surface area contributed by atoms with Crippen LogP contribution >= 0.6 is 0 Å². The molecule has 4 nitrogen and oxygen atoms in total. The van der Waals surface area contributed by atoms with Gasteiger partial charge >= 0.3 is 0 Å². The Balaban J connectivity index is 2.12. The normalized spacial score (nSPS) is 10.8. The molecule has 0 saturated heterocycles. The van der Waals surface area contributed by atoms with Crippen LogP contribution in [0, 0.1) is 0 Å². The van der Waals surface area contributed by atoms with Crippen LogP contribution in [0.1, 0.15) is 18.2 Å². The number of methoxy groups -OCH3 is 1. The Morgan fingerprint density at radius 2 is 2.05 bits per heavy atom. The van der Waals surface area contributed by atoms with Crippen LogP contribution in [0.15, 0.2) is 34.9 Å². The van der Waals surface area contributed by atoms with E-state index in [4.69, 9.17) is 9.26 Å². The van der Waals surface area contributed by atoms with Gasteiger partial charge in [-0.2, -0.15) is 0 Å². The smallest absolute Gasteiger partial charge is 0.170 e. The second-order valence-electron chi connectivity index (χ2n) is 4.33. The summed E-state index contributed by atoms with van der Waals surface area (Å²) in [5.74, 6) is 0.881. The van der Waals surface area contributed by atoms with Gasteiger partial charge in [0, 0.05) is 31.3 Å². The van der Waals surface area contributed by atoms with Gasteiger partial charge in [-0.1, -0.05) is 42.4 Å². The van der Waals surface area contributed by atoms with Crippen LogP contribution in [0.25, 0.3) is 11.3 Å². The molecule has 0 aliphatic rings. The van der Waals surface area contributed by atoms with Gasteiger partial charge in [-0.25, -0.2) is 0 Å². The van der Waals surface area contributed by atoms with Gasteiger partial charge < -0.3 is 14.6 Å². The zero-order valence-corrected chi connectivity index (χ0v) is 11.5. The average molecular weight is 260 g/mol. The average Bonchev–Trinajstić information content (AvgIpc) is 2.87. The standard InChI is InChI=1S/C15H20N2O2/c1-3-13-14(11-16-9-10-18-2)17-19-15(13)12-7-5-4-6-8-12/h4-8,16H,3,9-11H2,1-2H3. The molecular weight excluding hydrogens is 240 g/mol. The molecule has 0 amide bonds. The molecule has 2 rings (SSSR count). The SMILES string of the molecule is CCc1c(CNCCOC)noc1-c1ccccc1. The van der Waals surface area contributed by atoms with Crippen LogP contribution in [0.2, 0.25) is 0 Å². The third-order valence-electron chi connectivity index (χ3n) is 3.03. The fourth-order valence-corrected chi connectivity index (χ4v) is 2.04. The van der Waals surface area contributed by atoms with Crippen molar-refractivity contribution in [2.45, 2.75) is 19.9 Å². The molecule has 4 heteroatoms. The van der Waals surface area contributed by atoms with Crippen molar-refractivity contribution in [1.82, 2.24) is 10.5 Å². The molecule has 1 aromatic heterocycles. The first-order chi connectivity index (χ1) is 9.36. The van der Waals surface area contributed by atoms with Gasteiger partial charge in [0.2, 0.25) is 0 Å². The summed E-state index contributed by atoms with van der Waals surface area (Å²) in [5.41, 5.74) is 3.24. The summed E-state index contributed by atoms with van der Waals surface area (Å²) in [6.45, 7) is 4.35. The van der Waals surface area contributed by atoms with Gasteiger partial charge in [-0.3, -0.25) is 0 Å². The molecule has 0 bridgehead atoms. The molecule has 0 aliphatic heterocycles. The minimum Gasteiger partial charge on any atom is -0.383 e. The number of nitrogens with one attached hydrogen (secondary N) is 1. The number of benzene rings is 1. The van der Waals surface area contributed by atoms with Gasteiger partial charge in [-0.05, 0) is 6.42 Å². The van der Waals surface area contributed by atoms with Crippen LogP contribution in [0.3, 0.4) is 0 Å². The number of ether oxygens (including phenoxy) is 1. The van der Waals surface area contributed by atoms with Crippen molar-refractivity contribution in [1.29, 1.82) is 0 Å². The summed E-state index contributed by atoms with van der Waals surface area (Å²) < 4.78 is 10.5. The largest absolute Gasteiger partial charge is 0.383 e. The molecule has 0 atom stereocenters. The number of hydrogen-bond donors (Lipinski definition) is 1. The van der Waals surface area contributed by atoms with Crippen molar-refractivity contribution in [3.8, 4) is 11.3 Å². The minimum atomic E-state index is 0.699. The van der Waals surface area contributed by atoms with Gasteiger partial charge in [0.15, 0.2) is 5.76 Å². The molecule has 0 spiro atoms. The molecule has 0 radical (unpaired) electrons. The molecular formula is C15H20N2O2. The maximum atomic E-state index is 5.51. The van der Waals surface area contributed by atoms with Gasteiger partial charge in [-0.15, -0.1) is 0 Å². The third kappa shape index (κ3) is 3.43. The van der Waals surface area contributed by atoms with Crippen molar-refractivity contribution in [2.75, 3.05) is 20.3 Å². The van der Waals surface area contributed by atoms with E-state index >= 15 is 0 Å². The lowest BCUT2D eigenvalue weighted by Gasteiger charge is -2.03. The summed E-state index contributed by atoms with van der Waals surface area (Å²) in [7, 11) is 1.70. The fraction of sp³-hybridized carbons (Fsp3) is 0.400. The number of hydrogen-bond acceptors (Lipinski definition) is 4. The monoisotopic (exact) mass is 260 g/mol. The summed E-state index contributed by atoms with van der Waals surface area (Å²) in [4.78, 5) is 0. The van der Waals surface area contributed by atoms with Crippen LogP contribution in [-0.4, -0.2) is 25.4 Å². The zero-order valence-electron chi connectivity index (χ0n) is 11.5. The highest BCUT2D eigenvalue weighted by Crippen LogP contribution is 2.26. The fourth-order valence-electron chi connectivity index (χ4n) is 2.04. The van der Waals surface area contributed by atoms with Gasteiger partial charge in [0.1, 0.15) is 5.69 Å². The minimum absolute atomic E-state index is 0.699. The first-order valence-electron chi connectivity index (χ1n) is 6.59. The first-order valence-corrected chi connectivity index (χ1v) is 6.59. The summed E-state index contributed by atoms with van der Waals surface area (Å²) >= 11 is 0. The zero-order chi connectivity index (χ0) is 13.5. The molecule has 0 aliphatic carbocycles. The highest BCUT2D eigenvalue weighted by Gasteiger charge is 2.15. The summed E-state index contributed by atoms with van der Waals surface area (Å²) in [6, 6.07) is 10.1. The topological polar surface area (TPSA) is 47.3 Å². The van der Waals surface area contributed by atoms with Crippen molar-refractivity contribution in [3.05, 3.63) is 41.6 Å². The van der Waals surface area contributed by atoms with Gasteiger partial charge in [0.25, 0.3) is 0 Å². The van der Waals surface area contributed by atoms with Crippen molar-refractivity contribution in [2.24, 2.45) is 0 Å². The summed E-state index contributed by atoms with van der Waals surface area (Å²) in [6.07, 6.45) is 0.912. The predicted octanol–water partition coefficient (Wildman–Crippen LogP) is 2.64. The van der Waals surface area contributed by atoms with Crippen LogP contribution < -0.4 is 5.32 Å². The molecule has 1 heterocycles. The first kappa shape index (κ1) is 13.8. The molecule has 0 saturated carbocycles. The summed E-state index contributed by atoms with van der Waals surface area (Å²) in [5, 5.41) is 7.48. The Morgan fingerprint density at radius 1 is 1.26 bits per heavy atom. The predicted molar refractivity (Wildman–Crippen MR) is 74.9 cm³/mol. The second kappa shape index (κ2) is 7.07. The van der Waals surface area contributed by atoms with E-state index in [1.54, 1.807) is 7.11 Å². The van der Waals surface area contributed by atoms with Crippen LogP contribution in [0.5, 0.6) is 0 Å². The quantitative estimate of drug-likeness (QED) is 0.777. The molecule has 0 fully saturated rings. The van der Waals surface area contributed by atoms with E-state index in [1.807, 2.05) is 30.3 Å². The number of rotatable bonds is 7. The van der Waals surface area contributed by atoms with E-state index in [0.717, 1.165) is 30.0 Å². The Hall–Kier alpha value is -1.65. The Morgan fingerprint density at radius 3 is 2.74 bits per heavy atom. The van der Waals surface area contributed by atoms with Crippen molar-refractivity contribution in [3.63, 3.8) is 0 Å². The molecule has 1 N–H and O–H groups in total. The van der Waals surface area contributed by atoms with E-state index in [1.165, 1.54) is 5.56 Å². The second-order valence-corrected chi connectivity index (χ2v) is 4.33. The molecule has 2 aromatic rings. The number of nitrogens with zero attached hydrogens (tertiary/aromatic N) is 1. The van der Waals surface area contributed by atoms with E-state index in [9.17, 15) is 0 Å². The van der Waals surface area contributed by atoms with Crippen LogP contribution in [0.4, 0.5) is 0 Å². The lowest BCUT2D eigenvalue weighted by Crippen LogP contribution is -2.19. The molecule has 19 heavy (non-hydrogen) atoms. The molecule has 0 unspecified atom stereocenters. The van der Waals surface area contributed by atoms with Crippen LogP contribution in [-0.2, 0) is 17.7 Å². The maximum Gasteiger partial charge on any atom is 0.170 e. The molecule has 102 valence electrons. The highest BCUT2D eigenvalue weighted by atomic mass is 16.5. The number of aromatic nitrogens is 1. The lowest BCUT2D eigenvalue weighted by atomic mass is 10.0. The van der Waals surface area contributed by atoms with Crippen molar-refractivity contribution >= 4 is 0 Å². The maximum absolute atomic E-state index is 5.51. The van der Waals surface area contributed by atoms with Gasteiger partial charge in [0.05, 0.1) is 6.61 Å². The third-order valence-corrected chi connectivity index (χ3v) is 3.03. The van der Waals surface area contributed by atoms with E-state index < -0.39 is 0 Å². The Kier molecular flexibility index (Phi) is 5.12.